The maximum Gasteiger partial charge on any atom is 0.221 e. The predicted octanol–water partition coefficient (Wildman–Crippen LogP) is 3.08. The number of nitrogen functional groups attached to an aromatic ring is 1. The number of anilines is 1. The second kappa shape index (κ2) is 10.9. The van der Waals surface area contributed by atoms with E-state index in [1.54, 1.807) is 18.0 Å². The minimum absolute atomic E-state index is 0.156. The van der Waals surface area contributed by atoms with Crippen molar-refractivity contribution in [3.63, 3.8) is 0 Å². The highest BCUT2D eigenvalue weighted by atomic mass is 16.5. The highest BCUT2D eigenvalue weighted by molar-refractivity contribution is 5.96. The first kappa shape index (κ1) is 23.4. The van der Waals surface area contributed by atoms with Gasteiger partial charge in [0.05, 0.1) is 25.5 Å². The molecule has 9 heteroatoms. The SMILES string of the molecule is COc1cccc2c(-c3cnn(C/C(C=O)=C/C=C\N(C)CC4CCOCC4)c3)nc(N)nc12. The summed E-state index contributed by atoms with van der Waals surface area (Å²) >= 11 is 0. The molecular weight excluding hydrogens is 432 g/mol. The number of ether oxygens (including phenoxy) is 2. The monoisotopic (exact) mass is 462 g/mol. The van der Waals surface area contributed by atoms with Gasteiger partial charge in [0.15, 0.2) is 0 Å². The molecule has 1 aromatic carbocycles. The molecule has 1 fully saturated rings. The summed E-state index contributed by atoms with van der Waals surface area (Å²) in [6.45, 7) is 3.01. The zero-order valence-corrected chi connectivity index (χ0v) is 19.6. The number of aromatic nitrogens is 4. The van der Waals surface area contributed by atoms with Gasteiger partial charge >= 0.3 is 0 Å². The third kappa shape index (κ3) is 5.60. The predicted molar refractivity (Wildman–Crippen MR) is 131 cm³/mol. The summed E-state index contributed by atoms with van der Waals surface area (Å²) in [4.78, 5) is 22.6. The Morgan fingerprint density at radius 2 is 2.15 bits per heavy atom. The van der Waals surface area contributed by atoms with Crippen molar-refractivity contribution in [3.8, 4) is 17.0 Å². The van der Waals surface area contributed by atoms with Crippen LogP contribution in [0.4, 0.5) is 5.95 Å². The Bertz CT molecular complexity index is 1200. The quantitative estimate of drug-likeness (QED) is 0.294. The zero-order chi connectivity index (χ0) is 23.9. The van der Waals surface area contributed by atoms with Crippen LogP contribution in [0.2, 0.25) is 0 Å². The number of allylic oxidation sites excluding steroid dienone is 3. The number of nitrogens with two attached hydrogens (primary N) is 1. The van der Waals surface area contributed by atoms with Gasteiger partial charge in [0, 0.05) is 49.5 Å². The van der Waals surface area contributed by atoms with E-state index in [1.807, 2.05) is 49.8 Å². The lowest BCUT2D eigenvalue weighted by atomic mass is 10.0. The van der Waals surface area contributed by atoms with Crippen LogP contribution in [0.5, 0.6) is 5.75 Å². The van der Waals surface area contributed by atoms with Crippen LogP contribution in [0.15, 0.2) is 54.5 Å². The number of rotatable bonds is 9. The summed E-state index contributed by atoms with van der Waals surface area (Å²) in [5.74, 6) is 1.43. The Morgan fingerprint density at radius 1 is 1.32 bits per heavy atom. The number of hydrogen-bond acceptors (Lipinski definition) is 8. The van der Waals surface area contributed by atoms with Gasteiger partial charge < -0.3 is 20.1 Å². The zero-order valence-electron chi connectivity index (χ0n) is 19.6. The van der Waals surface area contributed by atoms with Crippen LogP contribution < -0.4 is 10.5 Å². The number of para-hydroxylation sites is 1. The van der Waals surface area contributed by atoms with E-state index in [4.69, 9.17) is 15.2 Å². The summed E-state index contributed by atoms with van der Waals surface area (Å²) in [6, 6.07) is 5.63. The maximum atomic E-state index is 11.6. The third-order valence-corrected chi connectivity index (χ3v) is 5.87. The van der Waals surface area contributed by atoms with Crippen LogP contribution in [-0.2, 0) is 16.1 Å². The Balaban J connectivity index is 1.47. The van der Waals surface area contributed by atoms with Crippen molar-refractivity contribution < 1.29 is 14.3 Å². The number of benzene rings is 1. The molecule has 0 aliphatic carbocycles. The van der Waals surface area contributed by atoms with Gasteiger partial charge in [0.25, 0.3) is 0 Å². The normalized spacial score (nSPS) is 15.2. The minimum Gasteiger partial charge on any atom is -0.494 e. The van der Waals surface area contributed by atoms with Crippen molar-refractivity contribution in [2.45, 2.75) is 19.4 Å². The molecular formula is C25H30N6O3. The first-order valence-corrected chi connectivity index (χ1v) is 11.3. The molecule has 3 heterocycles. The van der Waals surface area contributed by atoms with Crippen molar-refractivity contribution in [2.24, 2.45) is 5.92 Å². The fourth-order valence-corrected chi connectivity index (χ4v) is 4.13. The molecule has 4 rings (SSSR count). The van der Waals surface area contributed by atoms with Crippen molar-refractivity contribution in [1.82, 2.24) is 24.6 Å². The number of fused-ring (bicyclic) bond motifs is 1. The number of carbonyl (C=O) groups is 1. The topological polar surface area (TPSA) is 108 Å². The standard InChI is InChI=1S/C25H30N6O3/c1-30(14-18-8-11-34-12-9-18)10-4-5-19(17-32)15-31-16-20(13-27-31)23-21-6-3-7-22(33-2)24(21)29-25(26)28-23/h3-7,10,13,16-18H,8-9,11-12,14-15H2,1-2H3,(H2,26,28,29)/b10-4-,19-5-. The van der Waals surface area contributed by atoms with Gasteiger partial charge in [-0.25, -0.2) is 9.97 Å². The number of nitrogens with zero attached hydrogens (tertiary/aromatic N) is 5. The van der Waals surface area contributed by atoms with Crippen molar-refractivity contribution in [1.29, 1.82) is 0 Å². The van der Waals surface area contributed by atoms with Crippen molar-refractivity contribution >= 4 is 23.1 Å². The van der Waals surface area contributed by atoms with Gasteiger partial charge in [-0.15, -0.1) is 0 Å². The van der Waals surface area contributed by atoms with E-state index < -0.39 is 0 Å². The summed E-state index contributed by atoms with van der Waals surface area (Å²) in [5, 5.41) is 5.23. The summed E-state index contributed by atoms with van der Waals surface area (Å²) in [5.41, 5.74) is 8.65. The van der Waals surface area contributed by atoms with Crippen molar-refractivity contribution in [2.75, 3.05) is 39.6 Å². The molecule has 1 aliphatic heterocycles. The molecule has 178 valence electrons. The van der Waals surface area contributed by atoms with Gasteiger partial charge in [-0.3, -0.25) is 9.48 Å². The van der Waals surface area contributed by atoms with Crippen LogP contribution >= 0.6 is 0 Å². The molecule has 34 heavy (non-hydrogen) atoms. The molecule has 3 aromatic rings. The lowest BCUT2D eigenvalue weighted by Gasteiger charge is -2.26. The van der Waals surface area contributed by atoms with E-state index in [0.717, 1.165) is 49.8 Å². The molecule has 1 aliphatic rings. The molecule has 0 radical (unpaired) electrons. The molecule has 9 nitrogen and oxygen atoms in total. The molecule has 0 unspecified atom stereocenters. The molecule has 0 bridgehead atoms. The Kier molecular flexibility index (Phi) is 7.54. The van der Waals surface area contributed by atoms with Crippen LogP contribution in [0.3, 0.4) is 0 Å². The Morgan fingerprint density at radius 3 is 2.91 bits per heavy atom. The van der Waals surface area contributed by atoms with E-state index in [9.17, 15) is 4.79 Å². The average molecular weight is 463 g/mol. The van der Waals surface area contributed by atoms with Crippen molar-refractivity contribution in [3.05, 3.63) is 54.5 Å². The number of hydrogen-bond donors (Lipinski definition) is 1. The highest BCUT2D eigenvalue weighted by Gasteiger charge is 2.15. The average Bonchev–Trinajstić information content (AvgIpc) is 3.31. The fourth-order valence-electron chi connectivity index (χ4n) is 4.13. The van der Waals surface area contributed by atoms with Gasteiger partial charge in [-0.05, 0) is 37.1 Å². The van der Waals surface area contributed by atoms with Crippen LogP contribution in [0.25, 0.3) is 22.2 Å². The van der Waals surface area contributed by atoms with E-state index in [0.29, 0.717) is 35.0 Å². The second-order valence-electron chi connectivity index (χ2n) is 8.41. The Labute approximate surface area is 198 Å². The van der Waals surface area contributed by atoms with Crippen LogP contribution in [-0.4, -0.2) is 64.9 Å². The van der Waals surface area contributed by atoms with Gasteiger partial charge in [-0.1, -0.05) is 18.2 Å². The number of methoxy groups -OCH3 is 1. The summed E-state index contributed by atoms with van der Waals surface area (Å²) in [7, 11) is 3.64. The fraction of sp³-hybridized carbons (Fsp3) is 0.360. The van der Waals surface area contributed by atoms with Gasteiger partial charge in [0.1, 0.15) is 17.6 Å². The highest BCUT2D eigenvalue weighted by Crippen LogP contribution is 2.31. The molecule has 2 N–H and O–H groups in total. The van der Waals surface area contributed by atoms with Crippen LogP contribution in [0, 0.1) is 5.92 Å². The largest absolute Gasteiger partial charge is 0.494 e. The Hall–Kier alpha value is -3.72. The lowest BCUT2D eigenvalue weighted by molar-refractivity contribution is -0.105. The van der Waals surface area contributed by atoms with Crippen LogP contribution in [0.1, 0.15) is 12.8 Å². The molecule has 2 aromatic heterocycles. The number of aldehydes is 1. The van der Waals surface area contributed by atoms with Gasteiger partial charge in [-0.2, -0.15) is 5.10 Å². The first-order valence-electron chi connectivity index (χ1n) is 11.3. The van der Waals surface area contributed by atoms with Gasteiger partial charge in [0.2, 0.25) is 5.95 Å². The third-order valence-electron chi connectivity index (χ3n) is 5.87. The minimum atomic E-state index is 0.156. The lowest BCUT2D eigenvalue weighted by Crippen LogP contribution is -2.26. The van der Waals surface area contributed by atoms with E-state index in [1.165, 1.54) is 0 Å². The smallest absolute Gasteiger partial charge is 0.221 e. The first-order chi connectivity index (χ1) is 16.6. The number of carbonyl (C=O) groups excluding carboxylic acids is 1. The molecule has 0 spiro atoms. The molecule has 0 amide bonds. The molecule has 0 atom stereocenters. The summed E-state index contributed by atoms with van der Waals surface area (Å²) < 4.78 is 12.5. The van der Waals surface area contributed by atoms with E-state index >= 15 is 0 Å². The molecule has 1 saturated heterocycles. The van der Waals surface area contributed by atoms with E-state index in [-0.39, 0.29) is 5.95 Å². The van der Waals surface area contributed by atoms with E-state index in [2.05, 4.69) is 20.0 Å². The second-order valence-corrected chi connectivity index (χ2v) is 8.41. The maximum absolute atomic E-state index is 11.6. The molecule has 0 saturated carbocycles. The summed E-state index contributed by atoms with van der Waals surface area (Å²) in [6.07, 6.45) is 12.3.